The molecule has 0 saturated heterocycles. The molecule has 3 nitrogen and oxygen atoms in total. The van der Waals surface area contributed by atoms with Crippen molar-refractivity contribution >= 4 is 5.91 Å². The number of hydrogen-bond acceptors (Lipinski definition) is 2. The molecule has 0 fully saturated rings. The van der Waals surface area contributed by atoms with Crippen molar-refractivity contribution in [2.24, 2.45) is 0 Å². The fourth-order valence-corrected chi connectivity index (χ4v) is 3.69. The lowest BCUT2D eigenvalue weighted by molar-refractivity contribution is 0.0694. The van der Waals surface area contributed by atoms with Gasteiger partial charge in [0, 0.05) is 12.1 Å². The van der Waals surface area contributed by atoms with Gasteiger partial charge in [0.05, 0.1) is 13.2 Å². The molecule has 3 aromatic carbocycles. The van der Waals surface area contributed by atoms with E-state index in [9.17, 15) is 4.79 Å². The van der Waals surface area contributed by atoms with Gasteiger partial charge in [-0.2, -0.15) is 0 Å². The minimum absolute atomic E-state index is 0.0703. The van der Waals surface area contributed by atoms with Crippen molar-refractivity contribution in [2.75, 3.05) is 13.7 Å². The highest BCUT2D eigenvalue weighted by atomic mass is 16.5. The molecule has 0 radical (unpaired) electrons. The smallest absolute Gasteiger partial charge is 0.254 e. The van der Waals surface area contributed by atoms with Gasteiger partial charge in [-0.1, -0.05) is 54.6 Å². The summed E-state index contributed by atoms with van der Waals surface area (Å²) in [5.41, 5.74) is 4.27. The number of amides is 1. The Balaban J connectivity index is 1.80. The summed E-state index contributed by atoms with van der Waals surface area (Å²) in [5, 5.41) is 0. The van der Waals surface area contributed by atoms with Crippen molar-refractivity contribution in [3.05, 3.63) is 101 Å². The van der Waals surface area contributed by atoms with E-state index in [0.29, 0.717) is 6.54 Å². The molecule has 1 amide bonds. The quantitative estimate of drug-likeness (QED) is 0.701. The predicted molar refractivity (Wildman–Crippen MR) is 102 cm³/mol. The van der Waals surface area contributed by atoms with E-state index in [0.717, 1.165) is 23.3 Å². The summed E-state index contributed by atoms with van der Waals surface area (Å²) in [7, 11) is 1.68. The van der Waals surface area contributed by atoms with E-state index in [1.807, 2.05) is 59.5 Å². The van der Waals surface area contributed by atoms with Crippen LogP contribution in [-0.2, 0) is 6.42 Å². The summed E-state index contributed by atoms with van der Waals surface area (Å²) in [6.45, 7) is 0.688. The Kier molecular flexibility index (Phi) is 4.44. The molecule has 0 aromatic heterocycles. The average molecular weight is 343 g/mol. The van der Waals surface area contributed by atoms with Gasteiger partial charge in [-0.25, -0.2) is 0 Å². The lowest BCUT2D eigenvalue weighted by atomic mass is 9.87. The molecule has 0 aliphatic carbocycles. The van der Waals surface area contributed by atoms with Crippen molar-refractivity contribution in [3.63, 3.8) is 0 Å². The maximum atomic E-state index is 13.2. The molecule has 0 N–H and O–H groups in total. The average Bonchev–Trinajstić information content (AvgIpc) is 2.73. The van der Waals surface area contributed by atoms with Gasteiger partial charge in [-0.05, 0) is 47.4 Å². The van der Waals surface area contributed by atoms with E-state index in [-0.39, 0.29) is 11.9 Å². The number of carbonyl (C=O) groups excluding carboxylic acids is 1. The van der Waals surface area contributed by atoms with Crippen LogP contribution in [0.2, 0.25) is 0 Å². The number of rotatable bonds is 3. The molecular formula is C23H21NO2. The van der Waals surface area contributed by atoms with Crippen LogP contribution in [-0.4, -0.2) is 24.5 Å². The zero-order valence-corrected chi connectivity index (χ0v) is 14.8. The Morgan fingerprint density at radius 2 is 1.65 bits per heavy atom. The Morgan fingerprint density at radius 3 is 2.35 bits per heavy atom. The summed E-state index contributed by atoms with van der Waals surface area (Å²) in [4.78, 5) is 15.2. The highest BCUT2D eigenvalue weighted by molar-refractivity contribution is 5.95. The monoisotopic (exact) mass is 343 g/mol. The van der Waals surface area contributed by atoms with Crippen molar-refractivity contribution in [1.29, 1.82) is 0 Å². The largest absolute Gasteiger partial charge is 0.497 e. The van der Waals surface area contributed by atoms with Crippen LogP contribution in [0.4, 0.5) is 0 Å². The summed E-state index contributed by atoms with van der Waals surface area (Å²) in [6, 6.07) is 25.8. The van der Waals surface area contributed by atoms with Crippen LogP contribution in [0.5, 0.6) is 5.75 Å². The number of methoxy groups -OCH3 is 1. The molecule has 0 bridgehead atoms. The second-order valence-corrected chi connectivity index (χ2v) is 6.49. The first-order valence-electron chi connectivity index (χ1n) is 8.85. The molecule has 130 valence electrons. The Labute approximate surface area is 153 Å². The van der Waals surface area contributed by atoms with Gasteiger partial charge in [0.1, 0.15) is 5.75 Å². The van der Waals surface area contributed by atoms with Crippen LogP contribution in [0.15, 0.2) is 78.9 Å². The first-order valence-corrected chi connectivity index (χ1v) is 8.85. The highest BCUT2D eigenvalue weighted by Gasteiger charge is 2.32. The first-order chi connectivity index (χ1) is 12.8. The van der Waals surface area contributed by atoms with Crippen LogP contribution < -0.4 is 4.74 Å². The van der Waals surface area contributed by atoms with E-state index in [2.05, 4.69) is 24.3 Å². The fourth-order valence-electron chi connectivity index (χ4n) is 3.69. The molecule has 1 aliphatic rings. The fraction of sp³-hybridized carbons (Fsp3) is 0.174. The number of fused-ring (bicyclic) bond motifs is 1. The maximum absolute atomic E-state index is 13.2. The van der Waals surface area contributed by atoms with Gasteiger partial charge in [0.25, 0.3) is 5.91 Å². The minimum atomic E-state index is -0.0847. The number of benzene rings is 3. The van der Waals surface area contributed by atoms with Crippen LogP contribution in [0, 0.1) is 0 Å². The van der Waals surface area contributed by atoms with E-state index in [4.69, 9.17) is 4.74 Å². The summed E-state index contributed by atoms with van der Waals surface area (Å²) in [6.07, 6.45) is 0.828. The summed E-state index contributed by atoms with van der Waals surface area (Å²) >= 11 is 0. The lowest BCUT2D eigenvalue weighted by Gasteiger charge is -2.38. The van der Waals surface area contributed by atoms with Gasteiger partial charge in [-0.15, -0.1) is 0 Å². The molecule has 26 heavy (non-hydrogen) atoms. The number of nitrogens with zero attached hydrogens (tertiary/aromatic N) is 1. The molecule has 4 rings (SSSR count). The van der Waals surface area contributed by atoms with E-state index >= 15 is 0 Å². The number of ether oxygens (including phenoxy) is 1. The van der Waals surface area contributed by atoms with Gasteiger partial charge in [0.2, 0.25) is 0 Å². The van der Waals surface area contributed by atoms with Gasteiger partial charge in [-0.3, -0.25) is 4.79 Å². The van der Waals surface area contributed by atoms with Gasteiger partial charge >= 0.3 is 0 Å². The van der Waals surface area contributed by atoms with Crippen molar-refractivity contribution in [2.45, 2.75) is 12.5 Å². The second kappa shape index (κ2) is 7.04. The van der Waals surface area contributed by atoms with Crippen molar-refractivity contribution in [3.8, 4) is 5.75 Å². The molecule has 1 unspecified atom stereocenters. The summed E-state index contributed by atoms with van der Waals surface area (Å²) < 4.78 is 5.38. The predicted octanol–water partition coefficient (Wildman–Crippen LogP) is 4.48. The molecule has 1 atom stereocenters. The molecule has 3 aromatic rings. The molecule has 1 aliphatic heterocycles. The van der Waals surface area contributed by atoms with Crippen molar-refractivity contribution < 1.29 is 9.53 Å². The van der Waals surface area contributed by atoms with Crippen LogP contribution in [0.1, 0.15) is 33.1 Å². The zero-order valence-electron chi connectivity index (χ0n) is 14.8. The Hall–Kier alpha value is -3.07. The minimum Gasteiger partial charge on any atom is -0.497 e. The third kappa shape index (κ3) is 2.97. The molecule has 1 heterocycles. The zero-order chi connectivity index (χ0) is 17.9. The maximum Gasteiger partial charge on any atom is 0.254 e. The lowest BCUT2D eigenvalue weighted by Crippen LogP contribution is -2.40. The number of hydrogen-bond donors (Lipinski definition) is 0. The van der Waals surface area contributed by atoms with Crippen LogP contribution >= 0.6 is 0 Å². The molecule has 3 heteroatoms. The Morgan fingerprint density at radius 1 is 0.962 bits per heavy atom. The van der Waals surface area contributed by atoms with E-state index in [1.54, 1.807) is 7.11 Å². The molecule has 0 saturated carbocycles. The highest BCUT2D eigenvalue weighted by Crippen LogP contribution is 2.37. The summed E-state index contributed by atoms with van der Waals surface area (Å²) in [5.74, 6) is 0.930. The van der Waals surface area contributed by atoms with Crippen LogP contribution in [0.25, 0.3) is 0 Å². The third-order valence-corrected chi connectivity index (χ3v) is 4.98. The number of carbonyl (C=O) groups is 1. The molecule has 0 spiro atoms. The van der Waals surface area contributed by atoms with Crippen molar-refractivity contribution in [1.82, 2.24) is 4.90 Å². The van der Waals surface area contributed by atoms with Gasteiger partial charge in [0.15, 0.2) is 0 Å². The van der Waals surface area contributed by atoms with E-state index < -0.39 is 0 Å². The van der Waals surface area contributed by atoms with Crippen LogP contribution in [0.3, 0.4) is 0 Å². The van der Waals surface area contributed by atoms with Gasteiger partial charge < -0.3 is 9.64 Å². The molecular weight excluding hydrogens is 322 g/mol. The third-order valence-electron chi connectivity index (χ3n) is 4.98. The second-order valence-electron chi connectivity index (χ2n) is 6.49. The van der Waals surface area contributed by atoms with E-state index in [1.165, 1.54) is 11.1 Å². The Bertz CT molecular complexity index is 906. The topological polar surface area (TPSA) is 29.5 Å². The first kappa shape index (κ1) is 16.4. The normalized spacial score (nSPS) is 16.0. The standard InChI is InChI=1S/C23H21NO2/c1-26-20-12-13-21-19(16-20)14-15-24(22(21)17-8-4-2-5-9-17)23(25)18-10-6-3-7-11-18/h2-13,16,22H,14-15H2,1H3. The SMILES string of the molecule is COc1ccc2c(c1)CCN(C(=O)c1ccccc1)C2c1ccccc1.